The van der Waals surface area contributed by atoms with Crippen LogP contribution in [0.1, 0.15) is 28.2 Å². The molecule has 0 fully saturated rings. The molecule has 0 radical (unpaired) electrons. The number of hydrogen-bond donors (Lipinski definition) is 0. The molecule has 3 aromatic rings. The molecule has 1 heteroatoms. The third kappa shape index (κ3) is 2.53. The first-order valence-corrected chi connectivity index (χ1v) is 9.14. The zero-order chi connectivity index (χ0) is 16.5. The van der Waals surface area contributed by atoms with Gasteiger partial charge < -0.3 is 0 Å². The van der Waals surface area contributed by atoms with Crippen molar-refractivity contribution in [3.8, 4) is 0 Å². The standard InChI is InChI=1S/C23H17I/c1-16-21(17-10-4-2-5-11-17)19-14-8-9-15-20(19)22(23(16)24)18-12-6-3-7-13-18/h2-15,21H,1H2. The maximum Gasteiger partial charge on any atom is 0.0350 e. The van der Waals surface area contributed by atoms with Gasteiger partial charge in [0.05, 0.1) is 0 Å². The fraction of sp³-hybridized carbons (Fsp3) is 0.0435. The maximum atomic E-state index is 4.46. The Labute approximate surface area is 156 Å². The van der Waals surface area contributed by atoms with Crippen LogP contribution in [0.5, 0.6) is 0 Å². The molecule has 116 valence electrons. The molecule has 1 aliphatic rings. The predicted octanol–water partition coefficient (Wildman–Crippen LogP) is 6.58. The van der Waals surface area contributed by atoms with E-state index in [9.17, 15) is 0 Å². The third-order valence-electron chi connectivity index (χ3n) is 4.59. The molecule has 1 unspecified atom stereocenters. The smallest absolute Gasteiger partial charge is 0.0350 e. The summed E-state index contributed by atoms with van der Waals surface area (Å²) in [5, 5.41) is 0. The molecular weight excluding hydrogens is 403 g/mol. The number of allylic oxidation sites excluding steroid dienone is 2. The summed E-state index contributed by atoms with van der Waals surface area (Å²) in [6.07, 6.45) is 0. The monoisotopic (exact) mass is 420 g/mol. The first kappa shape index (κ1) is 15.4. The fourth-order valence-corrected chi connectivity index (χ4v) is 4.40. The van der Waals surface area contributed by atoms with Gasteiger partial charge >= 0.3 is 0 Å². The normalized spacial score (nSPS) is 16.9. The van der Waals surface area contributed by atoms with Gasteiger partial charge in [-0.15, -0.1) is 0 Å². The van der Waals surface area contributed by atoms with Crippen molar-refractivity contribution >= 4 is 28.2 Å². The van der Waals surface area contributed by atoms with Gasteiger partial charge in [0.25, 0.3) is 0 Å². The Bertz CT molecular complexity index is 921. The van der Waals surface area contributed by atoms with E-state index in [1.54, 1.807) is 0 Å². The van der Waals surface area contributed by atoms with Crippen LogP contribution >= 0.6 is 22.6 Å². The van der Waals surface area contributed by atoms with E-state index in [2.05, 4.69) is 114 Å². The third-order valence-corrected chi connectivity index (χ3v) is 5.82. The van der Waals surface area contributed by atoms with Crippen molar-refractivity contribution < 1.29 is 0 Å². The Balaban J connectivity index is 1.97. The summed E-state index contributed by atoms with van der Waals surface area (Å²) >= 11 is 2.47. The zero-order valence-corrected chi connectivity index (χ0v) is 15.4. The van der Waals surface area contributed by atoms with Gasteiger partial charge in [0.15, 0.2) is 0 Å². The molecule has 0 aliphatic heterocycles. The summed E-state index contributed by atoms with van der Waals surface area (Å²) < 4.78 is 1.26. The molecule has 0 bridgehead atoms. The molecule has 1 atom stereocenters. The van der Waals surface area contributed by atoms with Gasteiger partial charge in [0.1, 0.15) is 0 Å². The second-order valence-corrected chi connectivity index (χ2v) is 7.09. The second kappa shape index (κ2) is 6.40. The number of fused-ring (bicyclic) bond motifs is 1. The van der Waals surface area contributed by atoms with Gasteiger partial charge in [-0.3, -0.25) is 0 Å². The van der Waals surface area contributed by atoms with Crippen LogP contribution < -0.4 is 0 Å². The number of benzene rings is 3. The zero-order valence-electron chi connectivity index (χ0n) is 13.2. The largest absolute Gasteiger partial charge is 0.0938 e. The minimum Gasteiger partial charge on any atom is -0.0938 e. The van der Waals surface area contributed by atoms with Crippen molar-refractivity contribution in [2.45, 2.75) is 5.92 Å². The van der Waals surface area contributed by atoms with Gasteiger partial charge in [-0.2, -0.15) is 0 Å². The van der Waals surface area contributed by atoms with E-state index in [1.807, 2.05) is 0 Å². The minimum atomic E-state index is 0.224. The SMILES string of the molecule is C=C1C(I)=C(c2ccccc2)c2ccccc2C1c1ccccc1. The molecule has 3 aromatic carbocycles. The fourth-order valence-electron chi connectivity index (χ4n) is 3.48. The molecule has 0 aromatic heterocycles. The lowest BCUT2D eigenvalue weighted by atomic mass is 9.75. The Hall–Kier alpha value is -2.13. The molecule has 0 N–H and O–H groups in total. The van der Waals surface area contributed by atoms with Crippen LogP contribution in [-0.2, 0) is 0 Å². The van der Waals surface area contributed by atoms with E-state index >= 15 is 0 Å². The average molecular weight is 420 g/mol. The lowest BCUT2D eigenvalue weighted by molar-refractivity contribution is 0.962. The summed E-state index contributed by atoms with van der Waals surface area (Å²) in [5.41, 5.74) is 7.68. The van der Waals surface area contributed by atoms with E-state index in [0.717, 1.165) is 0 Å². The van der Waals surface area contributed by atoms with Crippen molar-refractivity contribution in [1.29, 1.82) is 0 Å². The molecule has 24 heavy (non-hydrogen) atoms. The van der Waals surface area contributed by atoms with Crippen molar-refractivity contribution in [2.24, 2.45) is 0 Å². The highest BCUT2D eigenvalue weighted by Crippen LogP contribution is 2.49. The van der Waals surface area contributed by atoms with Crippen LogP contribution in [0.3, 0.4) is 0 Å². The molecule has 0 nitrogen and oxygen atoms in total. The number of hydrogen-bond acceptors (Lipinski definition) is 0. The molecule has 0 spiro atoms. The highest BCUT2D eigenvalue weighted by Gasteiger charge is 2.30. The lowest BCUT2D eigenvalue weighted by Gasteiger charge is -2.31. The Kier molecular flexibility index (Phi) is 4.11. The summed E-state index contributed by atoms with van der Waals surface area (Å²) in [4.78, 5) is 0. The van der Waals surface area contributed by atoms with Gasteiger partial charge in [-0.1, -0.05) is 91.5 Å². The van der Waals surface area contributed by atoms with Crippen molar-refractivity contribution in [1.82, 2.24) is 0 Å². The van der Waals surface area contributed by atoms with E-state index in [1.165, 1.54) is 37.0 Å². The van der Waals surface area contributed by atoms with E-state index in [-0.39, 0.29) is 5.92 Å². The number of halogens is 1. The summed E-state index contributed by atoms with van der Waals surface area (Å²) in [7, 11) is 0. The van der Waals surface area contributed by atoms with Gasteiger partial charge in [0, 0.05) is 15.1 Å². The molecular formula is C23H17I. The number of rotatable bonds is 2. The first-order valence-electron chi connectivity index (χ1n) is 8.06. The Morgan fingerprint density at radius 2 is 1.29 bits per heavy atom. The molecule has 4 rings (SSSR count). The van der Waals surface area contributed by atoms with E-state index in [0.29, 0.717) is 0 Å². The minimum absolute atomic E-state index is 0.224. The Morgan fingerprint density at radius 3 is 2.00 bits per heavy atom. The predicted molar refractivity (Wildman–Crippen MR) is 110 cm³/mol. The molecule has 0 saturated carbocycles. The van der Waals surface area contributed by atoms with Gasteiger partial charge in [-0.25, -0.2) is 0 Å². The highest BCUT2D eigenvalue weighted by atomic mass is 127. The van der Waals surface area contributed by atoms with Crippen LogP contribution in [0.15, 0.2) is 101 Å². The van der Waals surface area contributed by atoms with Gasteiger partial charge in [0.2, 0.25) is 0 Å². The van der Waals surface area contributed by atoms with Crippen LogP contribution in [0.25, 0.3) is 5.57 Å². The molecule has 0 saturated heterocycles. The van der Waals surface area contributed by atoms with E-state index in [4.69, 9.17) is 0 Å². The summed E-state index contributed by atoms with van der Waals surface area (Å²) in [6, 6.07) is 30.0. The van der Waals surface area contributed by atoms with Crippen LogP contribution in [0.2, 0.25) is 0 Å². The molecule has 0 heterocycles. The van der Waals surface area contributed by atoms with Gasteiger partial charge in [-0.05, 0) is 50.4 Å². The van der Waals surface area contributed by atoms with Crippen molar-refractivity contribution in [3.05, 3.63) is 123 Å². The summed E-state index contributed by atoms with van der Waals surface area (Å²) in [6.45, 7) is 4.46. The first-order chi connectivity index (χ1) is 11.8. The van der Waals surface area contributed by atoms with Crippen molar-refractivity contribution in [3.63, 3.8) is 0 Å². The van der Waals surface area contributed by atoms with E-state index < -0.39 is 0 Å². The van der Waals surface area contributed by atoms with Crippen LogP contribution in [0, 0.1) is 0 Å². The van der Waals surface area contributed by atoms with Crippen LogP contribution in [-0.4, -0.2) is 0 Å². The maximum absolute atomic E-state index is 4.46. The van der Waals surface area contributed by atoms with Crippen LogP contribution in [0.4, 0.5) is 0 Å². The molecule has 0 amide bonds. The average Bonchev–Trinajstić information content (AvgIpc) is 2.64. The lowest BCUT2D eigenvalue weighted by Crippen LogP contribution is -2.13. The highest BCUT2D eigenvalue weighted by molar-refractivity contribution is 14.1. The second-order valence-electron chi connectivity index (χ2n) is 6.01. The van der Waals surface area contributed by atoms with Crippen molar-refractivity contribution in [2.75, 3.05) is 0 Å². The Morgan fingerprint density at radius 1 is 0.708 bits per heavy atom. The molecule has 1 aliphatic carbocycles. The quantitative estimate of drug-likeness (QED) is 0.411. The topological polar surface area (TPSA) is 0 Å². The summed E-state index contributed by atoms with van der Waals surface area (Å²) in [5.74, 6) is 0.224.